The molecule has 1 aliphatic carbocycles. The molecule has 0 unspecified atom stereocenters. The van der Waals surface area contributed by atoms with Crippen LogP contribution in [0.25, 0.3) is 0 Å². The van der Waals surface area contributed by atoms with Crippen molar-refractivity contribution in [2.24, 2.45) is 28.6 Å². The second kappa shape index (κ2) is 9.53. The molecule has 4 N–H and O–H groups in total. The van der Waals surface area contributed by atoms with Crippen LogP contribution in [0, 0.1) is 39.9 Å². The third kappa shape index (κ3) is 5.14. The zero-order valence-corrected chi connectivity index (χ0v) is 20.6. The van der Waals surface area contributed by atoms with Crippen LogP contribution in [0.1, 0.15) is 40.5 Å². The second-order valence-electron chi connectivity index (χ2n) is 11.1. The van der Waals surface area contributed by atoms with Gasteiger partial charge in [-0.15, -0.1) is 0 Å². The van der Waals surface area contributed by atoms with Gasteiger partial charge in [-0.1, -0.05) is 27.7 Å². The van der Waals surface area contributed by atoms with E-state index in [0.29, 0.717) is 13.0 Å². The molecule has 6 atom stereocenters. The zero-order chi connectivity index (χ0) is 27.2. The number of carbonyl (C=O) groups excluding carboxylic acids is 4. The number of halogens is 3. The third-order valence-electron chi connectivity index (χ3n) is 7.88. The van der Waals surface area contributed by atoms with Gasteiger partial charge in [0.2, 0.25) is 17.7 Å². The SMILES string of the molecule is CC(C)(CO)[C@H](NC(=O)C(F)(F)F)C(=O)N1C[C@H]2[C@@H]([C@H]1C(=O)N[C@H](C#N)C[C@@H]1CCNC1=O)C2(C)C. The number of nitrogens with zero attached hydrogens (tertiary/aromatic N) is 2. The van der Waals surface area contributed by atoms with Gasteiger partial charge in [0.1, 0.15) is 18.1 Å². The molecule has 1 saturated carbocycles. The molecule has 2 aliphatic heterocycles. The first-order valence-electron chi connectivity index (χ1n) is 11.8. The maximum absolute atomic E-state index is 13.5. The lowest BCUT2D eigenvalue weighted by Gasteiger charge is -2.38. The Morgan fingerprint density at radius 2 is 1.92 bits per heavy atom. The Bertz CT molecular complexity index is 976. The van der Waals surface area contributed by atoms with Gasteiger partial charge in [-0.3, -0.25) is 19.2 Å². The molecule has 0 aromatic carbocycles. The summed E-state index contributed by atoms with van der Waals surface area (Å²) in [4.78, 5) is 51.6. The molecular weight excluding hydrogens is 483 g/mol. The van der Waals surface area contributed by atoms with Crippen molar-refractivity contribution in [1.29, 1.82) is 5.26 Å². The monoisotopic (exact) mass is 515 g/mol. The number of aliphatic hydroxyl groups is 1. The number of piperidine rings is 1. The van der Waals surface area contributed by atoms with Crippen molar-refractivity contribution in [2.45, 2.75) is 64.8 Å². The summed E-state index contributed by atoms with van der Waals surface area (Å²) < 4.78 is 38.9. The number of hydrogen-bond donors (Lipinski definition) is 4. The number of likely N-dealkylation sites (tertiary alicyclic amines) is 1. The topological polar surface area (TPSA) is 152 Å². The first-order valence-corrected chi connectivity index (χ1v) is 11.8. The maximum atomic E-state index is 13.5. The molecule has 0 aromatic heterocycles. The fourth-order valence-corrected chi connectivity index (χ4v) is 5.43. The van der Waals surface area contributed by atoms with Crippen LogP contribution in [0.5, 0.6) is 0 Å². The molecule has 10 nitrogen and oxygen atoms in total. The minimum absolute atomic E-state index is 0.0801. The van der Waals surface area contributed by atoms with Gasteiger partial charge >= 0.3 is 12.1 Å². The van der Waals surface area contributed by atoms with Gasteiger partial charge in [0.15, 0.2) is 0 Å². The third-order valence-corrected chi connectivity index (χ3v) is 7.88. The van der Waals surface area contributed by atoms with Crippen molar-refractivity contribution in [2.75, 3.05) is 19.7 Å². The van der Waals surface area contributed by atoms with E-state index in [1.165, 1.54) is 13.8 Å². The van der Waals surface area contributed by atoms with Crippen LogP contribution in [-0.4, -0.2) is 77.6 Å². The van der Waals surface area contributed by atoms with E-state index in [1.807, 2.05) is 19.9 Å². The van der Waals surface area contributed by atoms with Gasteiger partial charge in [-0.25, -0.2) is 0 Å². The lowest BCUT2D eigenvalue weighted by Crippen LogP contribution is -2.62. The Morgan fingerprint density at radius 1 is 1.28 bits per heavy atom. The van der Waals surface area contributed by atoms with Gasteiger partial charge in [-0.2, -0.15) is 18.4 Å². The van der Waals surface area contributed by atoms with Crippen LogP contribution in [0.3, 0.4) is 0 Å². The highest BCUT2D eigenvalue weighted by atomic mass is 19.4. The summed E-state index contributed by atoms with van der Waals surface area (Å²) in [7, 11) is 0. The van der Waals surface area contributed by atoms with E-state index in [-0.39, 0.29) is 36.1 Å². The van der Waals surface area contributed by atoms with E-state index in [1.54, 1.807) is 5.32 Å². The average Bonchev–Trinajstić information content (AvgIpc) is 3.14. The fraction of sp³-hybridized carbons (Fsp3) is 0.783. The predicted octanol–water partition coefficient (Wildman–Crippen LogP) is 0.0696. The minimum Gasteiger partial charge on any atom is -0.396 e. The number of carbonyl (C=O) groups is 4. The Kier molecular flexibility index (Phi) is 7.34. The lowest BCUT2D eigenvalue weighted by atomic mass is 9.83. The van der Waals surface area contributed by atoms with Crippen molar-refractivity contribution in [3.8, 4) is 6.07 Å². The molecular formula is C23H32F3N5O5. The Labute approximate surface area is 206 Å². The summed E-state index contributed by atoms with van der Waals surface area (Å²) in [6, 6.07) is -1.86. The Morgan fingerprint density at radius 3 is 2.42 bits per heavy atom. The summed E-state index contributed by atoms with van der Waals surface area (Å²) in [5.41, 5.74) is -1.78. The fourth-order valence-electron chi connectivity index (χ4n) is 5.43. The molecule has 0 bridgehead atoms. The van der Waals surface area contributed by atoms with Crippen LogP contribution in [-0.2, 0) is 19.2 Å². The van der Waals surface area contributed by atoms with Crippen LogP contribution in [0.4, 0.5) is 13.2 Å². The number of alkyl halides is 3. The molecule has 36 heavy (non-hydrogen) atoms. The summed E-state index contributed by atoms with van der Waals surface area (Å²) >= 11 is 0. The lowest BCUT2D eigenvalue weighted by molar-refractivity contribution is -0.176. The first kappa shape index (κ1) is 27.7. The highest BCUT2D eigenvalue weighted by Gasteiger charge is 2.70. The van der Waals surface area contributed by atoms with E-state index in [2.05, 4.69) is 10.6 Å². The van der Waals surface area contributed by atoms with Gasteiger partial charge in [-0.05, 0) is 30.1 Å². The van der Waals surface area contributed by atoms with E-state index < -0.39 is 60.0 Å². The summed E-state index contributed by atoms with van der Waals surface area (Å²) in [6.07, 6.45) is -4.63. The smallest absolute Gasteiger partial charge is 0.396 e. The molecule has 0 aromatic rings. The van der Waals surface area contributed by atoms with Crippen molar-refractivity contribution < 1.29 is 37.5 Å². The van der Waals surface area contributed by atoms with E-state index in [9.17, 15) is 42.7 Å². The molecule has 4 amide bonds. The number of rotatable bonds is 8. The number of nitrogens with one attached hydrogen (secondary N) is 3. The maximum Gasteiger partial charge on any atom is 0.471 e. The standard InChI is InChI=1S/C23H32F3N5O5/c1-21(2,10-32)16(30-20(36)23(24,25)26)19(35)31-9-13-14(22(13,3)4)15(31)18(34)29-12(8-27)7-11-5-6-28-17(11)33/h11-16,32H,5-7,9-10H2,1-4H3,(H,28,33)(H,29,34)(H,30,36)/t11-,12-,13-,14-,15-,16+/m0/s1. The molecule has 3 rings (SSSR count). The molecule has 200 valence electrons. The van der Waals surface area contributed by atoms with E-state index in [0.717, 1.165) is 4.90 Å². The van der Waals surface area contributed by atoms with Gasteiger partial charge in [0.05, 0.1) is 12.7 Å². The predicted molar refractivity (Wildman–Crippen MR) is 118 cm³/mol. The normalized spacial score (nSPS) is 28.4. The Balaban J connectivity index is 1.83. The van der Waals surface area contributed by atoms with Crippen LogP contribution in [0.15, 0.2) is 0 Å². The number of nitriles is 1. The summed E-state index contributed by atoms with van der Waals surface area (Å²) in [5, 5.41) is 26.3. The second-order valence-corrected chi connectivity index (χ2v) is 11.1. The highest BCUT2D eigenvalue weighted by molar-refractivity contribution is 5.95. The molecule has 2 saturated heterocycles. The van der Waals surface area contributed by atoms with Crippen molar-refractivity contribution >= 4 is 23.6 Å². The minimum atomic E-state index is -5.25. The molecule has 0 radical (unpaired) electrons. The van der Waals surface area contributed by atoms with Gasteiger partial charge in [0.25, 0.3) is 0 Å². The average molecular weight is 516 g/mol. The van der Waals surface area contributed by atoms with E-state index in [4.69, 9.17) is 0 Å². The van der Waals surface area contributed by atoms with Crippen molar-refractivity contribution in [3.05, 3.63) is 0 Å². The number of amides is 4. The molecule has 3 aliphatic rings. The number of aliphatic hydroxyl groups excluding tert-OH is 1. The first-order chi connectivity index (χ1) is 16.6. The van der Waals surface area contributed by atoms with Gasteiger partial charge < -0.3 is 26.0 Å². The van der Waals surface area contributed by atoms with Crippen LogP contribution >= 0.6 is 0 Å². The number of hydrogen-bond acceptors (Lipinski definition) is 6. The highest BCUT2D eigenvalue weighted by Crippen LogP contribution is 2.65. The van der Waals surface area contributed by atoms with Crippen molar-refractivity contribution in [1.82, 2.24) is 20.9 Å². The molecule has 13 heteroatoms. The molecule has 0 spiro atoms. The molecule has 3 fully saturated rings. The van der Waals surface area contributed by atoms with E-state index >= 15 is 0 Å². The Hall–Kier alpha value is -2.88. The van der Waals surface area contributed by atoms with Crippen LogP contribution < -0.4 is 16.0 Å². The van der Waals surface area contributed by atoms with Gasteiger partial charge in [0, 0.05) is 24.4 Å². The van der Waals surface area contributed by atoms with Crippen molar-refractivity contribution in [3.63, 3.8) is 0 Å². The number of fused-ring (bicyclic) bond motifs is 1. The van der Waals surface area contributed by atoms with Crippen LogP contribution in [0.2, 0.25) is 0 Å². The quantitative estimate of drug-likeness (QED) is 0.359. The largest absolute Gasteiger partial charge is 0.471 e. The summed E-state index contributed by atoms with van der Waals surface area (Å²) in [6.45, 7) is 6.34. The zero-order valence-electron chi connectivity index (χ0n) is 20.6. The summed E-state index contributed by atoms with van der Waals surface area (Å²) in [5.74, 6) is -4.94. The molecule has 2 heterocycles.